The lowest BCUT2D eigenvalue weighted by Gasteiger charge is -2.31. The summed E-state index contributed by atoms with van der Waals surface area (Å²) >= 11 is 0. The van der Waals surface area contributed by atoms with E-state index in [9.17, 15) is 5.11 Å². The van der Waals surface area contributed by atoms with Crippen molar-refractivity contribution in [2.75, 3.05) is 6.61 Å². The van der Waals surface area contributed by atoms with Gasteiger partial charge in [-0.2, -0.15) is 0 Å². The molecule has 3 atom stereocenters. The van der Waals surface area contributed by atoms with E-state index in [1.807, 2.05) is 0 Å². The first-order valence-electron chi connectivity index (χ1n) is 5.05. The van der Waals surface area contributed by atoms with E-state index in [2.05, 4.69) is 0 Å². The summed E-state index contributed by atoms with van der Waals surface area (Å²) in [4.78, 5) is 0. The van der Waals surface area contributed by atoms with Gasteiger partial charge in [-0.15, -0.1) is 0 Å². The third kappa shape index (κ3) is 1.92. The highest BCUT2D eigenvalue weighted by atomic mass is 16.5. The van der Waals surface area contributed by atoms with Gasteiger partial charge in [-0.3, -0.25) is 0 Å². The van der Waals surface area contributed by atoms with Crippen molar-refractivity contribution in [1.82, 2.24) is 0 Å². The van der Waals surface area contributed by atoms with E-state index in [-0.39, 0.29) is 5.92 Å². The van der Waals surface area contributed by atoms with Gasteiger partial charge in [0.05, 0.1) is 18.8 Å². The zero-order chi connectivity index (χ0) is 9.42. The maximum Gasteiger partial charge on any atom is 0.0849 e. The van der Waals surface area contributed by atoms with E-state index < -0.39 is 6.10 Å². The first kappa shape index (κ1) is 9.16. The maximum absolute atomic E-state index is 9.47. The van der Waals surface area contributed by atoms with Crippen molar-refractivity contribution < 1.29 is 9.84 Å². The standard InChI is InChI=1S/C10H17NO2/c1-6(12)8-4-10(7-2-3-7)13-5-9(8)11/h6-8,10-12H,2-5H2,1H3/t6-,8-,10+/m0/s1. The molecular formula is C10H17NO2. The molecule has 74 valence electrons. The zero-order valence-electron chi connectivity index (χ0n) is 7.99. The predicted molar refractivity (Wildman–Crippen MR) is 50.0 cm³/mol. The number of ether oxygens (including phenoxy) is 1. The van der Waals surface area contributed by atoms with Crippen LogP contribution in [0.25, 0.3) is 0 Å². The molecule has 2 rings (SSSR count). The average molecular weight is 183 g/mol. The summed E-state index contributed by atoms with van der Waals surface area (Å²) in [6.07, 6.45) is 3.31. The van der Waals surface area contributed by atoms with Gasteiger partial charge in [0.25, 0.3) is 0 Å². The second-order valence-electron chi connectivity index (χ2n) is 4.29. The van der Waals surface area contributed by atoms with Gasteiger partial charge >= 0.3 is 0 Å². The molecule has 2 aliphatic rings. The third-order valence-corrected chi connectivity index (χ3v) is 3.12. The van der Waals surface area contributed by atoms with Crippen LogP contribution in [0.3, 0.4) is 0 Å². The summed E-state index contributed by atoms with van der Waals surface area (Å²) in [6.45, 7) is 2.20. The van der Waals surface area contributed by atoms with Gasteiger partial charge in [0, 0.05) is 11.6 Å². The first-order valence-corrected chi connectivity index (χ1v) is 5.05. The molecule has 0 aromatic heterocycles. The highest BCUT2D eigenvalue weighted by Gasteiger charge is 2.38. The zero-order valence-corrected chi connectivity index (χ0v) is 7.99. The number of nitrogens with one attached hydrogen (secondary N) is 1. The number of rotatable bonds is 2. The molecule has 0 aromatic rings. The molecule has 0 amide bonds. The molecule has 1 saturated carbocycles. The Bertz CT molecular complexity index is 211. The van der Waals surface area contributed by atoms with Crippen LogP contribution in [0.1, 0.15) is 26.2 Å². The van der Waals surface area contributed by atoms with E-state index in [0.29, 0.717) is 24.3 Å². The van der Waals surface area contributed by atoms with Gasteiger partial charge in [0.15, 0.2) is 0 Å². The predicted octanol–water partition coefficient (Wildman–Crippen LogP) is 1.20. The van der Waals surface area contributed by atoms with Gasteiger partial charge in [0.1, 0.15) is 0 Å². The normalized spacial score (nSPS) is 37.5. The molecule has 1 aliphatic carbocycles. The van der Waals surface area contributed by atoms with Crippen molar-refractivity contribution in [1.29, 1.82) is 5.41 Å². The van der Waals surface area contributed by atoms with E-state index in [4.69, 9.17) is 10.1 Å². The molecule has 3 heteroatoms. The van der Waals surface area contributed by atoms with Crippen molar-refractivity contribution >= 4 is 5.71 Å². The molecular weight excluding hydrogens is 166 g/mol. The SMILES string of the molecule is C[C@H](O)[C@@H]1C[C@H](C2CC2)OCC1=N. The van der Waals surface area contributed by atoms with Crippen LogP contribution in [-0.4, -0.2) is 29.6 Å². The van der Waals surface area contributed by atoms with Gasteiger partial charge in [-0.1, -0.05) is 0 Å². The summed E-state index contributed by atoms with van der Waals surface area (Å²) in [5.74, 6) is 0.758. The topological polar surface area (TPSA) is 53.3 Å². The molecule has 0 unspecified atom stereocenters. The molecule has 13 heavy (non-hydrogen) atoms. The van der Waals surface area contributed by atoms with Crippen molar-refractivity contribution in [2.45, 2.75) is 38.4 Å². The Morgan fingerprint density at radius 3 is 2.77 bits per heavy atom. The molecule has 0 radical (unpaired) electrons. The van der Waals surface area contributed by atoms with Crippen LogP contribution in [0.4, 0.5) is 0 Å². The number of hydrogen-bond acceptors (Lipinski definition) is 3. The van der Waals surface area contributed by atoms with Crippen LogP contribution in [-0.2, 0) is 4.74 Å². The molecule has 1 saturated heterocycles. The van der Waals surface area contributed by atoms with Gasteiger partial charge in [-0.05, 0) is 32.1 Å². The van der Waals surface area contributed by atoms with E-state index >= 15 is 0 Å². The van der Waals surface area contributed by atoms with Crippen molar-refractivity contribution in [3.8, 4) is 0 Å². The Kier molecular flexibility index (Phi) is 2.39. The summed E-state index contributed by atoms with van der Waals surface area (Å²) in [6, 6.07) is 0. The monoisotopic (exact) mass is 183 g/mol. The summed E-state index contributed by atoms with van der Waals surface area (Å²) in [7, 11) is 0. The van der Waals surface area contributed by atoms with Gasteiger partial charge in [-0.25, -0.2) is 0 Å². The third-order valence-electron chi connectivity index (χ3n) is 3.12. The van der Waals surface area contributed by atoms with Crippen LogP contribution in [0.2, 0.25) is 0 Å². The molecule has 2 fully saturated rings. The fourth-order valence-corrected chi connectivity index (χ4v) is 2.05. The summed E-state index contributed by atoms with van der Waals surface area (Å²) in [5.41, 5.74) is 0.562. The fraction of sp³-hybridized carbons (Fsp3) is 0.900. The molecule has 0 aromatic carbocycles. The molecule has 1 aliphatic heterocycles. The Hall–Kier alpha value is -0.410. The van der Waals surface area contributed by atoms with Gasteiger partial charge in [0.2, 0.25) is 0 Å². The Morgan fingerprint density at radius 1 is 1.54 bits per heavy atom. The van der Waals surface area contributed by atoms with Crippen LogP contribution < -0.4 is 0 Å². The highest BCUT2D eigenvalue weighted by Crippen LogP contribution is 2.39. The second-order valence-corrected chi connectivity index (χ2v) is 4.29. The van der Waals surface area contributed by atoms with Gasteiger partial charge < -0.3 is 15.3 Å². The molecule has 2 N–H and O–H groups in total. The Balaban J connectivity index is 1.96. The number of aliphatic hydroxyl groups is 1. The summed E-state index contributed by atoms with van der Waals surface area (Å²) in [5, 5.41) is 17.1. The molecule has 3 nitrogen and oxygen atoms in total. The Morgan fingerprint density at radius 2 is 2.23 bits per heavy atom. The lowest BCUT2D eigenvalue weighted by atomic mass is 9.88. The lowest BCUT2D eigenvalue weighted by molar-refractivity contribution is 0.00925. The van der Waals surface area contributed by atoms with Crippen LogP contribution in [0.15, 0.2) is 0 Å². The number of hydrogen-bond donors (Lipinski definition) is 2. The van der Waals surface area contributed by atoms with Crippen molar-refractivity contribution in [3.05, 3.63) is 0 Å². The number of aliphatic hydroxyl groups excluding tert-OH is 1. The van der Waals surface area contributed by atoms with Crippen LogP contribution >= 0.6 is 0 Å². The Labute approximate surface area is 78.6 Å². The van der Waals surface area contributed by atoms with Crippen molar-refractivity contribution in [2.24, 2.45) is 11.8 Å². The van der Waals surface area contributed by atoms with Crippen LogP contribution in [0, 0.1) is 17.2 Å². The molecule has 0 bridgehead atoms. The smallest absolute Gasteiger partial charge is 0.0849 e. The fourth-order valence-electron chi connectivity index (χ4n) is 2.05. The van der Waals surface area contributed by atoms with E-state index in [0.717, 1.165) is 6.42 Å². The largest absolute Gasteiger partial charge is 0.393 e. The highest BCUT2D eigenvalue weighted by molar-refractivity contribution is 5.86. The van der Waals surface area contributed by atoms with Crippen molar-refractivity contribution in [3.63, 3.8) is 0 Å². The summed E-state index contributed by atoms with van der Waals surface area (Å²) < 4.78 is 5.56. The lowest BCUT2D eigenvalue weighted by Crippen LogP contribution is -2.39. The van der Waals surface area contributed by atoms with Crippen LogP contribution in [0.5, 0.6) is 0 Å². The average Bonchev–Trinajstić information content (AvgIpc) is 2.87. The molecule has 0 spiro atoms. The van der Waals surface area contributed by atoms with E-state index in [1.54, 1.807) is 6.92 Å². The minimum Gasteiger partial charge on any atom is -0.393 e. The van der Waals surface area contributed by atoms with E-state index in [1.165, 1.54) is 12.8 Å². The minimum atomic E-state index is -0.391. The quantitative estimate of drug-likeness (QED) is 0.676. The first-order chi connectivity index (χ1) is 6.18. The second kappa shape index (κ2) is 3.39. The maximum atomic E-state index is 9.47. The molecule has 1 heterocycles. The minimum absolute atomic E-state index is 0.0411.